The highest BCUT2D eigenvalue weighted by Gasteiger charge is 2.38. The fourth-order valence-electron chi connectivity index (χ4n) is 3.23. The van der Waals surface area contributed by atoms with Crippen molar-refractivity contribution in [3.63, 3.8) is 0 Å². The number of aryl methyl sites for hydroxylation is 2. The number of rotatable bonds is 4. The third kappa shape index (κ3) is 3.03. The summed E-state index contributed by atoms with van der Waals surface area (Å²) < 4.78 is 45.8. The molecule has 1 aromatic carbocycles. The van der Waals surface area contributed by atoms with Gasteiger partial charge >= 0.3 is 0 Å². The third-order valence-corrected chi connectivity index (χ3v) is 6.41. The van der Waals surface area contributed by atoms with Gasteiger partial charge in [0.05, 0.1) is 0 Å². The van der Waals surface area contributed by atoms with Crippen LogP contribution in [0.4, 0.5) is 4.39 Å². The van der Waals surface area contributed by atoms with Crippen LogP contribution in [-0.4, -0.2) is 30.5 Å². The van der Waals surface area contributed by atoms with Crippen LogP contribution in [0.3, 0.4) is 0 Å². The molecular weight excluding hydrogens is 319 g/mol. The van der Waals surface area contributed by atoms with Gasteiger partial charge in [-0.05, 0) is 50.8 Å². The first-order valence-electron chi connectivity index (χ1n) is 7.59. The maximum Gasteiger partial charge on any atom is 0.248 e. The van der Waals surface area contributed by atoms with Gasteiger partial charge in [-0.25, -0.2) is 12.8 Å². The Kier molecular flexibility index (Phi) is 4.25. The van der Waals surface area contributed by atoms with Crippen molar-refractivity contribution in [2.45, 2.75) is 44.0 Å². The van der Waals surface area contributed by atoms with Gasteiger partial charge in [-0.1, -0.05) is 17.3 Å². The second-order valence-corrected chi connectivity index (χ2v) is 7.73. The molecule has 0 bridgehead atoms. The zero-order valence-electron chi connectivity index (χ0n) is 13.1. The van der Waals surface area contributed by atoms with Crippen molar-refractivity contribution in [1.29, 1.82) is 0 Å². The summed E-state index contributed by atoms with van der Waals surface area (Å²) in [4.78, 5) is 0.156. The molecule has 1 aliphatic heterocycles. The monoisotopic (exact) mass is 338 g/mol. The Labute approximate surface area is 135 Å². The van der Waals surface area contributed by atoms with Gasteiger partial charge < -0.3 is 4.52 Å². The lowest BCUT2D eigenvalue weighted by Crippen LogP contribution is -2.37. The summed E-state index contributed by atoms with van der Waals surface area (Å²) in [5.74, 6) is -0.000432. The van der Waals surface area contributed by atoms with E-state index in [-0.39, 0.29) is 16.8 Å². The highest BCUT2D eigenvalue weighted by molar-refractivity contribution is 7.89. The minimum atomic E-state index is -3.65. The molecule has 124 valence electrons. The Morgan fingerprint density at radius 2 is 2.17 bits per heavy atom. The van der Waals surface area contributed by atoms with E-state index < -0.39 is 10.0 Å². The van der Waals surface area contributed by atoms with Crippen LogP contribution in [0.25, 0.3) is 0 Å². The Morgan fingerprint density at radius 1 is 1.39 bits per heavy atom. The molecule has 0 unspecified atom stereocenters. The Bertz CT molecular complexity index is 797. The highest BCUT2D eigenvalue weighted by Crippen LogP contribution is 2.31. The molecule has 1 fully saturated rings. The molecule has 23 heavy (non-hydrogen) atoms. The van der Waals surface area contributed by atoms with Crippen LogP contribution in [0.15, 0.2) is 33.7 Å². The zero-order chi connectivity index (χ0) is 16.6. The summed E-state index contributed by atoms with van der Waals surface area (Å²) in [6, 6.07) is 6.14. The van der Waals surface area contributed by atoms with Crippen molar-refractivity contribution in [2.75, 3.05) is 6.54 Å². The van der Waals surface area contributed by atoms with E-state index in [1.54, 1.807) is 19.9 Å². The van der Waals surface area contributed by atoms with Gasteiger partial charge in [0.1, 0.15) is 16.4 Å². The van der Waals surface area contributed by atoms with Crippen molar-refractivity contribution >= 4 is 10.0 Å². The number of sulfonamides is 1. The average Bonchev–Trinajstić information content (AvgIpc) is 3.06. The van der Waals surface area contributed by atoms with Crippen molar-refractivity contribution in [1.82, 2.24) is 9.46 Å². The maximum absolute atomic E-state index is 13.3. The van der Waals surface area contributed by atoms with Crippen LogP contribution < -0.4 is 0 Å². The molecule has 1 aromatic heterocycles. The highest BCUT2D eigenvalue weighted by atomic mass is 32.2. The summed E-state index contributed by atoms with van der Waals surface area (Å²) in [7, 11) is -3.65. The van der Waals surface area contributed by atoms with Gasteiger partial charge in [-0.3, -0.25) is 0 Å². The second kappa shape index (κ2) is 6.05. The van der Waals surface area contributed by atoms with Crippen LogP contribution in [0.2, 0.25) is 0 Å². The van der Waals surface area contributed by atoms with Crippen molar-refractivity contribution in [3.8, 4) is 0 Å². The molecular formula is C16H19FN2O3S. The fraction of sp³-hybridized carbons (Fsp3) is 0.438. The predicted molar refractivity (Wildman–Crippen MR) is 83.0 cm³/mol. The number of hydrogen-bond acceptors (Lipinski definition) is 4. The van der Waals surface area contributed by atoms with E-state index in [9.17, 15) is 12.8 Å². The van der Waals surface area contributed by atoms with E-state index in [0.717, 1.165) is 18.4 Å². The van der Waals surface area contributed by atoms with E-state index in [0.29, 0.717) is 24.4 Å². The largest absolute Gasteiger partial charge is 0.360 e. The third-order valence-electron chi connectivity index (χ3n) is 4.22. The van der Waals surface area contributed by atoms with Crippen LogP contribution in [0.1, 0.15) is 29.9 Å². The topological polar surface area (TPSA) is 63.4 Å². The van der Waals surface area contributed by atoms with Gasteiger partial charge in [0.25, 0.3) is 0 Å². The summed E-state index contributed by atoms with van der Waals surface area (Å²) >= 11 is 0. The van der Waals surface area contributed by atoms with Crippen LogP contribution in [0.5, 0.6) is 0 Å². The SMILES string of the molecule is Cc1noc(C)c1S(=O)(=O)N1CCC[C@@H]1Cc1cccc(F)c1. The lowest BCUT2D eigenvalue weighted by molar-refractivity contribution is 0.378. The standard InChI is InChI=1S/C16H19FN2O3S/c1-11-16(12(2)22-18-11)23(20,21)19-8-4-7-15(19)10-13-5-3-6-14(17)9-13/h3,5-6,9,15H,4,7-8,10H2,1-2H3/t15-/m1/s1. The lowest BCUT2D eigenvalue weighted by Gasteiger charge is -2.24. The molecule has 0 radical (unpaired) electrons. The van der Waals surface area contributed by atoms with E-state index in [1.165, 1.54) is 16.4 Å². The predicted octanol–water partition coefficient (Wildman–Crippen LogP) is 2.83. The number of hydrogen-bond donors (Lipinski definition) is 0. The summed E-state index contributed by atoms with van der Waals surface area (Å²) in [6.45, 7) is 3.69. The summed E-state index contributed by atoms with van der Waals surface area (Å²) in [5, 5.41) is 3.74. The van der Waals surface area contributed by atoms with Crippen molar-refractivity contribution in [2.24, 2.45) is 0 Å². The second-order valence-electron chi connectivity index (χ2n) is 5.90. The van der Waals surface area contributed by atoms with E-state index in [2.05, 4.69) is 5.16 Å². The minimum Gasteiger partial charge on any atom is -0.360 e. The number of benzene rings is 1. The summed E-state index contributed by atoms with van der Waals surface area (Å²) in [6.07, 6.45) is 2.06. The molecule has 0 N–H and O–H groups in total. The van der Waals surface area contributed by atoms with Crippen LogP contribution >= 0.6 is 0 Å². The quantitative estimate of drug-likeness (QED) is 0.860. The Morgan fingerprint density at radius 3 is 2.83 bits per heavy atom. The molecule has 0 amide bonds. The van der Waals surface area contributed by atoms with E-state index in [4.69, 9.17) is 4.52 Å². The Hall–Kier alpha value is -1.73. The normalized spacial score (nSPS) is 19.3. The van der Waals surface area contributed by atoms with Gasteiger partial charge in [0.2, 0.25) is 10.0 Å². The first kappa shape index (κ1) is 16.1. The van der Waals surface area contributed by atoms with E-state index in [1.807, 2.05) is 6.07 Å². The molecule has 7 heteroatoms. The number of aromatic nitrogens is 1. The molecule has 0 saturated carbocycles. The minimum absolute atomic E-state index is 0.156. The molecule has 2 heterocycles. The zero-order valence-corrected chi connectivity index (χ0v) is 13.9. The molecule has 5 nitrogen and oxygen atoms in total. The van der Waals surface area contributed by atoms with Gasteiger partial charge in [-0.15, -0.1) is 0 Å². The average molecular weight is 338 g/mol. The molecule has 2 aromatic rings. The number of halogens is 1. The molecule has 3 rings (SSSR count). The molecule has 0 aliphatic carbocycles. The smallest absolute Gasteiger partial charge is 0.248 e. The van der Waals surface area contributed by atoms with Gasteiger partial charge in [0.15, 0.2) is 5.76 Å². The first-order chi connectivity index (χ1) is 10.9. The van der Waals surface area contributed by atoms with Crippen LogP contribution in [0, 0.1) is 19.7 Å². The molecule has 1 saturated heterocycles. The number of nitrogens with zero attached hydrogens (tertiary/aromatic N) is 2. The first-order valence-corrected chi connectivity index (χ1v) is 9.03. The Balaban J connectivity index is 1.89. The van der Waals surface area contributed by atoms with Gasteiger partial charge in [-0.2, -0.15) is 4.31 Å². The van der Waals surface area contributed by atoms with Crippen molar-refractivity contribution in [3.05, 3.63) is 47.1 Å². The molecule has 1 atom stereocenters. The van der Waals surface area contributed by atoms with Gasteiger partial charge in [0, 0.05) is 12.6 Å². The van der Waals surface area contributed by atoms with E-state index >= 15 is 0 Å². The van der Waals surface area contributed by atoms with Crippen LogP contribution in [-0.2, 0) is 16.4 Å². The lowest BCUT2D eigenvalue weighted by atomic mass is 10.0. The summed E-state index contributed by atoms with van der Waals surface area (Å²) in [5.41, 5.74) is 1.18. The van der Waals surface area contributed by atoms with Crippen molar-refractivity contribution < 1.29 is 17.3 Å². The fourth-order valence-corrected chi connectivity index (χ4v) is 5.21. The molecule has 0 spiro atoms. The maximum atomic E-state index is 13.3. The molecule has 1 aliphatic rings.